The van der Waals surface area contributed by atoms with Crippen LogP contribution < -0.4 is 5.73 Å². The molecule has 0 saturated heterocycles. The number of hydrogen-bond donors (Lipinski definition) is 1. The van der Waals surface area contributed by atoms with E-state index >= 15 is 0 Å². The third-order valence-corrected chi connectivity index (χ3v) is 1.58. The molecule has 0 spiro atoms. The van der Waals surface area contributed by atoms with Gasteiger partial charge in [-0.25, -0.2) is 9.97 Å². The van der Waals surface area contributed by atoms with Crippen molar-refractivity contribution in [2.75, 3.05) is 0 Å². The molecule has 0 aromatic carbocycles. The van der Waals surface area contributed by atoms with Crippen molar-refractivity contribution in [3.63, 3.8) is 0 Å². The molecule has 3 nitrogen and oxygen atoms in total. The summed E-state index contributed by atoms with van der Waals surface area (Å²) in [6.07, 6.45) is 3.42. The van der Waals surface area contributed by atoms with Gasteiger partial charge in [-0.15, -0.1) is 0 Å². The fourth-order valence-electron chi connectivity index (χ4n) is 0.557. The van der Waals surface area contributed by atoms with Gasteiger partial charge in [0.1, 0.15) is 0 Å². The summed E-state index contributed by atoms with van der Waals surface area (Å²) in [5, 5.41) is 0. The highest BCUT2D eigenvalue weighted by Gasteiger charge is 1.98. The maximum atomic E-state index is 5.57. The van der Waals surface area contributed by atoms with E-state index in [4.69, 9.17) is 5.73 Å². The fourth-order valence-corrected chi connectivity index (χ4v) is 0.762. The number of rotatable bonds is 1. The number of nitrogens with two attached hydrogens (primary N) is 1. The summed E-state index contributed by atoms with van der Waals surface area (Å²) in [4.78, 5) is 7.85. The lowest BCUT2D eigenvalue weighted by molar-refractivity contribution is 0.799. The molecule has 0 fully saturated rings. The van der Waals surface area contributed by atoms with Gasteiger partial charge in [-0.3, -0.25) is 0 Å². The Bertz CT molecular complexity index is 207. The lowest BCUT2D eigenvalue weighted by Crippen LogP contribution is -2.05. The van der Waals surface area contributed by atoms with E-state index in [1.807, 2.05) is 6.92 Å². The van der Waals surface area contributed by atoms with Gasteiger partial charge in [0.15, 0.2) is 4.73 Å². The normalized spacial score (nSPS) is 13.1. The van der Waals surface area contributed by atoms with Gasteiger partial charge in [-0.2, -0.15) is 0 Å². The molecule has 1 heterocycles. The van der Waals surface area contributed by atoms with Crippen LogP contribution in [0.3, 0.4) is 0 Å². The van der Waals surface area contributed by atoms with Crippen LogP contribution in [0.2, 0.25) is 0 Å². The molecule has 0 aliphatic heterocycles. The average Bonchev–Trinajstić information content (AvgIpc) is 1.88. The number of halogens is 1. The van der Waals surface area contributed by atoms with Gasteiger partial charge in [-0.1, -0.05) is 0 Å². The quantitative estimate of drug-likeness (QED) is 0.697. The maximum Gasteiger partial charge on any atom is 0.196 e. The van der Waals surface area contributed by atoms with Crippen LogP contribution in [0.25, 0.3) is 0 Å². The highest BCUT2D eigenvalue weighted by Crippen LogP contribution is 2.07. The molecule has 1 atom stereocenters. The Morgan fingerprint density at radius 1 is 1.50 bits per heavy atom. The SMILES string of the molecule is C[C@@H](N)c1cnc(Br)nc1. The van der Waals surface area contributed by atoms with Crippen LogP contribution >= 0.6 is 15.9 Å². The van der Waals surface area contributed by atoms with E-state index in [1.54, 1.807) is 12.4 Å². The molecule has 0 radical (unpaired) electrons. The van der Waals surface area contributed by atoms with Crippen molar-refractivity contribution < 1.29 is 0 Å². The second kappa shape index (κ2) is 3.07. The lowest BCUT2D eigenvalue weighted by Gasteiger charge is -2.01. The van der Waals surface area contributed by atoms with Gasteiger partial charge in [0.25, 0.3) is 0 Å². The summed E-state index contributed by atoms with van der Waals surface area (Å²) in [6, 6.07) is 0.00750. The number of nitrogens with zero attached hydrogens (tertiary/aromatic N) is 2. The molecule has 2 N–H and O–H groups in total. The van der Waals surface area contributed by atoms with Gasteiger partial charge < -0.3 is 5.73 Å². The molecule has 54 valence electrons. The second-order valence-corrected chi connectivity index (χ2v) is 2.78. The van der Waals surface area contributed by atoms with Crippen LogP contribution in [0.4, 0.5) is 0 Å². The van der Waals surface area contributed by atoms with Crippen molar-refractivity contribution in [3.05, 3.63) is 22.7 Å². The number of aromatic nitrogens is 2. The van der Waals surface area contributed by atoms with Gasteiger partial charge in [-0.05, 0) is 22.9 Å². The molecule has 0 saturated carbocycles. The van der Waals surface area contributed by atoms with Crippen molar-refractivity contribution >= 4 is 15.9 Å². The lowest BCUT2D eigenvalue weighted by atomic mass is 10.2. The summed E-state index contributed by atoms with van der Waals surface area (Å²) < 4.78 is 0.594. The van der Waals surface area contributed by atoms with Crippen molar-refractivity contribution in [1.82, 2.24) is 9.97 Å². The molecule has 0 unspecified atom stereocenters. The summed E-state index contributed by atoms with van der Waals surface area (Å²) in [6.45, 7) is 1.90. The zero-order valence-corrected chi connectivity index (χ0v) is 7.17. The van der Waals surface area contributed by atoms with Gasteiger partial charge >= 0.3 is 0 Å². The minimum absolute atomic E-state index is 0.00750. The van der Waals surface area contributed by atoms with E-state index in [0.29, 0.717) is 4.73 Å². The molecule has 1 aromatic heterocycles. The van der Waals surface area contributed by atoms with Crippen molar-refractivity contribution in [1.29, 1.82) is 0 Å². The Morgan fingerprint density at radius 3 is 2.40 bits per heavy atom. The third-order valence-electron chi connectivity index (χ3n) is 1.17. The van der Waals surface area contributed by atoms with E-state index in [9.17, 15) is 0 Å². The highest BCUT2D eigenvalue weighted by atomic mass is 79.9. The molecule has 1 aromatic rings. The Labute approximate surface area is 67.8 Å². The molecule has 10 heavy (non-hydrogen) atoms. The topological polar surface area (TPSA) is 51.8 Å². The van der Waals surface area contributed by atoms with Crippen LogP contribution in [0.15, 0.2) is 17.1 Å². The van der Waals surface area contributed by atoms with E-state index in [2.05, 4.69) is 25.9 Å². The van der Waals surface area contributed by atoms with Crippen LogP contribution in [0.5, 0.6) is 0 Å². The average molecular weight is 202 g/mol. The molecule has 4 heteroatoms. The highest BCUT2D eigenvalue weighted by molar-refractivity contribution is 9.10. The van der Waals surface area contributed by atoms with Crippen molar-refractivity contribution in [2.45, 2.75) is 13.0 Å². The molecule has 1 rings (SSSR count). The van der Waals surface area contributed by atoms with E-state index in [0.717, 1.165) is 5.56 Å². The summed E-state index contributed by atoms with van der Waals surface area (Å²) in [5.41, 5.74) is 6.52. The zero-order valence-electron chi connectivity index (χ0n) is 5.58. The van der Waals surface area contributed by atoms with Crippen LogP contribution in [-0.4, -0.2) is 9.97 Å². The molecule has 0 amide bonds. The maximum absolute atomic E-state index is 5.57. The first-order valence-electron chi connectivity index (χ1n) is 2.93. The van der Waals surface area contributed by atoms with Crippen molar-refractivity contribution in [2.24, 2.45) is 5.73 Å². The van der Waals surface area contributed by atoms with Crippen molar-refractivity contribution in [3.8, 4) is 0 Å². The Hall–Kier alpha value is -0.480. The molecular formula is C6H8BrN3. The Morgan fingerprint density at radius 2 is 2.00 bits per heavy atom. The largest absolute Gasteiger partial charge is 0.324 e. The van der Waals surface area contributed by atoms with Gasteiger partial charge in [0.05, 0.1) is 0 Å². The molecule has 0 aliphatic carbocycles. The predicted molar refractivity (Wildman–Crippen MR) is 42.3 cm³/mol. The molecule has 0 aliphatic rings. The summed E-state index contributed by atoms with van der Waals surface area (Å²) in [5.74, 6) is 0. The Balaban J connectivity index is 2.89. The minimum atomic E-state index is 0.00750. The Kier molecular flexibility index (Phi) is 2.34. The minimum Gasteiger partial charge on any atom is -0.324 e. The standard InChI is InChI=1S/C6H8BrN3/c1-4(8)5-2-9-6(7)10-3-5/h2-4H,8H2,1H3/t4-/m1/s1. The van der Waals surface area contributed by atoms with Gasteiger partial charge in [0, 0.05) is 24.0 Å². The fraction of sp³-hybridized carbons (Fsp3) is 0.333. The summed E-state index contributed by atoms with van der Waals surface area (Å²) >= 11 is 3.13. The second-order valence-electron chi connectivity index (χ2n) is 2.07. The zero-order chi connectivity index (χ0) is 7.56. The summed E-state index contributed by atoms with van der Waals surface area (Å²) in [7, 11) is 0. The monoisotopic (exact) mass is 201 g/mol. The van der Waals surface area contributed by atoms with Crippen LogP contribution in [0, 0.1) is 0 Å². The predicted octanol–water partition coefficient (Wildman–Crippen LogP) is 1.26. The van der Waals surface area contributed by atoms with Crippen LogP contribution in [0.1, 0.15) is 18.5 Å². The van der Waals surface area contributed by atoms with Crippen LogP contribution in [-0.2, 0) is 0 Å². The third kappa shape index (κ3) is 1.75. The first kappa shape index (κ1) is 7.63. The molecule has 0 bridgehead atoms. The van der Waals surface area contributed by atoms with E-state index in [1.165, 1.54) is 0 Å². The molecular weight excluding hydrogens is 194 g/mol. The first-order valence-corrected chi connectivity index (χ1v) is 3.72. The smallest absolute Gasteiger partial charge is 0.196 e. The van der Waals surface area contributed by atoms with E-state index < -0.39 is 0 Å². The van der Waals surface area contributed by atoms with Gasteiger partial charge in [0.2, 0.25) is 0 Å². The number of hydrogen-bond acceptors (Lipinski definition) is 3. The van der Waals surface area contributed by atoms with E-state index in [-0.39, 0.29) is 6.04 Å². The first-order chi connectivity index (χ1) is 4.70.